The molecule has 1 atom stereocenters. The Balaban J connectivity index is 0.000000817. The molecule has 0 bridgehead atoms. The summed E-state index contributed by atoms with van der Waals surface area (Å²) in [6, 6.07) is 18.2. The predicted molar refractivity (Wildman–Crippen MR) is 119 cm³/mol. The van der Waals surface area contributed by atoms with Gasteiger partial charge in [0.1, 0.15) is 0 Å². The van der Waals surface area contributed by atoms with Crippen molar-refractivity contribution in [1.82, 2.24) is 0 Å². The van der Waals surface area contributed by atoms with Crippen LogP contribution in [-0.4, -0.2) is 0 Å². The summed E-state index contributed by atoms with van der Waals surface area (Å²) in [5.41, 5.74) is 7.17. The molecule has 3 aromatic carbocycles. The predicted octanol–water partition coefficient (Wildman–Crippen LogP) is 8.72. The molecule has 3 heteroatoms. The number of hydrogen-bond donors (Lipinski definition) is 0. The number of rotatable bonds is 3. The molecule has 0 saturated carbocycles. The second-order valence-corrected chi connectivity index (χ2v) is 12.0. The van der Waals surface area contributed by atoms with Crippen molar-refractivity contribution in [3.8, 4) is 11.1 Å². The van der Waals surface area contributed by atoms with Crippen molar-refractivity contribution in [3.05, 3.63) is 65.2 Å². The van der Waals surface area contributed by atoms with Crippen LogP contribution in [0.25, 0.3) is 21.9 Å². The Labute approximate surface area is 183 Å². The second-order valence-electron chi connectivity index (χ2n) is 8.23. The Hall–Kier alpha value is -0.487. The first kappa shape index (κ1) is 22.8. The molecule has 3 rings (SSSR count). The number of fused-ring (bicyclic) bond motifs is 1. The third kappa shape index (κ3) is 5.32. The van der Waals surface area contributed by atoms with Crippen LogP contribution in [0.4, 0.5) is 0 Å². The van der Waals surface area contributed by atoms with Crippen molar-refractivity contribution in [2.24, 2.45) is 0 Å². The molecule has 0 heterocycles. The van der Waals surface area contributed by atoms with Crippen LogP contribution >= 0.6 is 17.0 Å². The normalized spacial score (nSPS) is 12.4. The van der Waals surface area contributed by atoms with E-state index >= 15 is 0 Å². The van der Waals surface area contributed by atoms with Gasteiger partial charge >= 0.3 is 37.9 Å². The molecule has 1 unspecified atom stereocenters. The molecule has 27 heavy (non-hydrogen) atoms. The van der Waals surface area contributed by atoms with Crippen LogP contribution in [-0.2, 0) is 26.3 Å². The molecule has 0 radical (unpaired) electrons. The molecule has 0 nitrogen and oxygen atoms in total. The summed E-state index contributed by atoms with van der Waals surface area (Å²) in [7, 11) is 9.87. The van der Waals surface area contributed by atoms with Crippen molar-refractivity contribution in [1.29, 1.82) is 0 Å². The van der Waals surface area contributed by atoms with Gasteiger partial charge < -0.3 is 0 Å². The van der Waals surface area contributed by atoms with Crippen molar-refractivity contribution in [2.75, 3.05) is 0 Å². The summed E-state index contributed by atoms with van der Waals surface area (Å²) in [6.07, 6.45) is 1.18. The molecule has 0 aliphatic heterocycles. The van der Waals surface area contributed by atoms with Gasteiger partial charge in [0.05, 0.1) is 0 Å². The Morgan fingerprint density at radius 1 is 1.07 bits per heavy atom. The molecular formula is C24H29Cl2Zr-. The second kappa shape index (κ2) is 9.82. The monoisotopic (exact) mass is 477 g/mol. The summed E-state index contributed by atoms with van der Waals surface area (Å²) in [6.45, 7) is 13.8. The van der Waals surface area contributed by atoms with Crippen LogP contribution < -0.4 is 0 Å². The first-order valence-corrected chi connectivity index (χ1v) is 15.8. The number of aryl methyl sites for hydroxylation is 1. The molecule has 0 aromatic heterocycles. The fourth-order valence-electron chi connectivity index (χ4n) is 3.59. The van der Waals surface area contributed by atoms with E-state index in [2.05, 4.69) is 90.1 Å². The van der Waals surface area contributed by atoms with E-state index in [0.717, 1.165) is 0 Å². The average Bonchev–Trinajstić information content (AvgIpc) is 3.05. The minimum atomic E-state index is -0.826. The van der Waals surface area contributed by atoms with Crippen LogP contribution in [0.15, 0.2) is 48.5 Å². The van der Waals surface area contributed by atoms with Gasteiger partial charge in [-0.2, -0.15) is 6.07 Å². The van der Waals surface area contributed by atoms with E-state index in [1.165, 1.54) is 45.0 Å². The third-order valence-electron chi connectivity index (χ3n) is 5.32. The molecule has 0 fully saturated rings. The first-order chi connectivity index (χ1) is 12.7. The molecule has 0 aliphatic carbocycles. The fraction of sp³-hybridized carbons (Fsp3) is 0.375. The summed E-state index contributed by atoms with van der Waals surface area (Å²) in [5, 5.41) is 2.78. The van der Waals surface area contributed by atoms with E-state index in [4.69, 9.17) is 17.0 Å². The quantitative estimate of drug-likeness (QED) is 0.330. The van der Waals surface area contributed by atoms with E-state index in [1.807, 2.05) is 0 Å². The van der Waals surface area contributed by atoms with Gasteiger partial charge in [-0.25, -0.2) is 0 Å². The summed E-state index contributed by atoms with van der Waals surface area (Å²) in [5.74, 6) is 0.611. The average molecular weight is 480 g/mol. The fourth-order valence-corrected chi connectivity index (χ4v) is 3.59. The van der Waals surface area contributed by atoms with Gasteiger partial charge in [-0.3, -0.25) is 0 Å². The van der Waals surface area contributed by atoms with Crippen molar-refractivity contribution >= 4 is 27.8 Å². The van der Waals surface area contributed by atoms with E-state index in [-0.39, 0.29) is 5.41 Å². The van der Waals surface area contributed by atoms with Gasteiger partial charge in [0, 0.05) is 0 Å². The zero-order chi connectivity index (χ0) is 20.2. The van der Waals surface area contributed by atoms with Crippen LogP contribution in [0.1, 0.15) is 63.6 Å². The Morgan fingerprint density at radius 2 is 1.70 bits per heavy atom. The van der Waals surface area contributed by atoms with Crippen molar-refractivity contribution in [2.45, 2.75) is 59.3 Å². The van der Waals surface area contributed by atoms with Crippen molar-refractivity contribution in [3.63, 3.8) is 0 Å². The SMILES string of the molecule is CCC(C)c1cc2c(-c3ccccc3C)c(C(C)(C)C)ccc2[cH-]1.[Cl][Zr][Cl]. The van der Waals surface area contributed by atoms with Crippen molar-refractivity contribution < 1.29 is 20.8 Å². The van der Waals surface area contributed by atoms with Gasteiger partial charge in [-0.05, 0) is 29.4 Å². The van der Waals surface area contributed by atoms with E-state index < -0.39 is 20.8 Å². The Bertz CT molecular complexity index is 887. The first-order valence-electron chi connectivity index (χ1n) is 9.50. The summed E-state index contributed by atoms with van der Waals surface area (Å²) >= 11 is -0.826. The zero-order valence-corrected chi connectivity index (χ0v) is 21.1. The Kier molecular flexibility index (Phi) is 8.29. The van der Waals surface area contributed by atoms with Crippen LogP contribution in [0, 0.1) is 6.92 Å². The van der Waals surface area contributed by atoms with Gasteiger partial charge in [-0.1, -0.05) is 76.4 Å². The van der Waals surface area contributed by atoms with Gasteiger partial charge in [-0.15, -0.1) is 34.5 Å². The molecule has 0 N–H and O–H groups in total. The Morgan fingerprint density at radius 3 is 2.26 bits per heavy atom. The molecule has 0 amide bonds. The maximum atomic E-state index is 4.93. The van der Waals surface area contributed by atoms with E-state index in [9.17, 15) is 0 Å². The number of hydrogen-bond acceptors (Lipinski definition) is 0. The molecule has 0 spiro atoms. The molecule has 3 aromatic rings. The maximum absolute atomic E-state index is 4.93. The standard InChI is InChI=1S/C24H29.2ClH.Zr/c1-7-16(2)19-14-18-12-13-22(24(4,5)6)23(21(18)15-19)20-11-9-8-10-17(20)3;;;/h8-16H,7H2,1-6H3;2*1H;/q-1;;;+2/p-2. The summed E-state index contributed by atoms with van der Waals surface area (Å²) in [4.78, 5) is 0. The van der Waals surface area contributed by atoms with Crippen LogP contribution in [0.5, 0.6) is 0 Å². The molecule has 144 valence electrons. The van der Waals surface area contributed by atoms with E-state index in [0.29, 0.717) is 5.92 Å². The van der Waals surface area contributed by atoms with Crippen LogP contribution in [0.2, 0.25) is 0 Å². The molecular weight excluding hydrogens is 450 g/mol. The van der Waals surface area contributed by atoms with Gasteiger partial charge in [0.15, 0.2) is 0 Å². The number of benzene rings is 2. The summed E-state index contributed by atoms with van der Waals surface area (Å²) < 4.78 is 0. The molecule has 0 saturated heterocycles. The molecule has 0 aliphatic rings. The topological polar surface area (TPSA) is 0 Å². The minimum absolute atomic E-state index is 0.125. The van der Waals surface area contributed by atoms with E-state index in [1.54, 1.807) is 0 Å². The van der Waals surface area contributed by atoms with Gasteiger partial charge in [0.2, 0.25) is 0 Å². The number of halogens is 2. The zero-order valence-electron chi connectivity index (χ0n) is 17.2. The van der Waals surface area contributed by atoms with Gasteiger partial charge in [0.25, 0.3) is 0 Å². The van der Waals surface area contributed by atoms with Crippen LogP contribution in [0.3, 0.4) is 0 Å². The third-order valence-corrected chi connectivity index (χ3v) is 5.32.